The highest BCUT2D eigenvalue weighted by Gasteiger charge is 2.23. The number of carbonyl (C=O) groups is 1. The van der Waals surface area contributed by atoms with Crippen molar-refractivity contribution in [1.82, 2.24) is 15.1 Å². The molecule has 1 amide bonds. The minimum Gasteiger partial charge on any atom is -0.394 e. The van der Waals surface area contributed by atoms with Gasteiger partial charge in [0.2, 0.25) is 5.91 Å². The topological polar surface area (TPSA) is 67.2 Å². The van der Waals surface area contributed by atoms with Crippen LogP contribution in [0.25, 0.3) is 0 Å². The molecule has 1 heterocycles. The first-order valence-electron chi connectivity index (χ1n) is 5.83. The van der Waals surface area contributed by atoms with Gasteiger partial charge in [-0.15, -0.1) is 0 Å². The second-order valence-corrected chi connectivity index (χ2v) is 4.71. The van der Waals surface area contributed by atoms with E-state index in [0.29, 0.717) is 6.42 Å². The Morgan fingerprint density at radius 2 is 2.24 bits per heavy atom. The Labute approximate surface area is 102 Å². The summed E-state index contributed by atoms with van der Waals surface area (Å²) in [7, 11) is 0. The number of amides is 1. The van der Waals surface area contributed by atoms with Gasteiger partial charge in [0.1, 0.15) is 6.54 Å². The number of aromatic nitrogens is 2. The SMILES string of the molecule is CCC(C)(CO)NC(=O)Cn1nc(C)cc1C. The van der Waals surface area contributed by atoms with E-state index in [2.05, 4.69) is 10.4 Å². The van der Waals surface area contributed by atoms with Crippen LogP contribution in [0, 0.1) is 13.8 Å². The molecule has 0 saturated heterocycles. The summed E-state index contributed by atoms with van der Waals surface area (Å²) in [6.45, 7) is 7.69. The Morgan fingerprint density at radius 1 is 1.59 bits per heavy atom. The van der Waals surface area contributed by atoms with Crippen LogP contribution < -0.4 is 5.32 Å². The minimum atomic E-state index is -0.548. The number of aryl methyl sites for hydroxylation is 2. The second kappa shape index (κ2) is 5.31. The van der Waals surface area contributed by atoms with Crippen LogP contribution in [0.3, 0.4) is 0 Å². The first-order chi connectivity index (χ1) is 7.90. The number of aliphatic hydroxyl groups is 1. The molecule has 96 valence electrons. The number of nitrogens with zero attached hydrogens (tertiary/aromatic N) is 2. The van der Waals surface area contributed by atoms with Crippen LogP contribution in [0.4, 0.5) is 0 Å². The van der Waals surface area contributed by atoms with Crippen molar-refractivity contribution in [3.63, 3.8) is 0 Å². The van der Waals surface area contributed by atoms with Gasteiger partial charge in [-0.3, -0.25) is 9.48 Å². The predicted molar refractivity (Wildman–Crippen MR) is 65.6 cm³/mol. The van der Waals surface area contributed by atoms with Gasteiger partial charge in [-0.2, -0.15) is 5.10 Å². The van der Waals surface area contributed by atoms with Gasteiger partial charge in [0.25, 0.3) is 0 Å². The molecule has 0 aromatic carbocycles. The molecule has 17 heavy (non-hydrogen) atoms. The van der Waals surface area contributed by atoms with Crippen LogP contribution in [0.1, 0.15) is 31.7 Å². The largest absolute Gasteiger partial charge is 0.394 e. The van der Waals surface area contributed by atoms with Crippen molar-refractivity contribution in [3.8, 4) is 0 Å². The Hall–Kier alpha value is -1.36. The van der Waals surface area contributed by atoms with Crippen LogP contribution in [0.5, 0.6) is 0 Å². The zero-order valence-electron chi connectivity index (χ0n) is 10.9. The molecule has 1 aromatic heterocycles. The first kappa shape index (κ1) is 13.7. The van der Waals surface area contributed by atoms with Crippen molar-refractivity contribution >= 4 is 5.91 Å². The van der Waals surface area contributed by atoms with Crippen LogP contribution in [-0.4, -0.2) is 32.9 Å². The number of rotatable bonds is 5. The average Bonchev–Trinajstić information content (AvgIpc) is 2.57. The normalized spacial score (nSPS) is 14.4. The number of hydrogen-bond acceptors (Lipinski definition) is 3. The molecule has 1 aromatic rings. The molecule has 0 aliphatic heterocycles. The molecule has 0 aliphatic rings. The summed E-state index contributed by atoms with van der Waals surface area (Å²) in [4.78, 5) is 11.8. The number of nitrogens with one attached hydrogen (secondary N) is 1. The van der Waals surface area contributed by atoms with Crippen molar-refractivity contribution in [1.29, 1.82) is 0 Å². The Balaban J connectivity index is 2.64. The lowest BCUT2D eigenvalue weighted by Gasteiger charge is -2.27. The maximum absolute atomic E-state index is 11.8. The number of hydrogen-bond donors (Lipinski definition) is 2. The highest BCUT2D eigenvalue weighted by atomic mass is 16.3. The van der Waals surface area contributed by atoms with Gasteiger partial charge in [-0.1, -0.05) is 6.92 Å². The quantitative estimate of drug-likeness (QED) is 0.798. The molecule has 1 rings (SSSR count). The van der Waals surface area contributed by atoms with E-state index in [1.165, 1.54) is 0 Å². The Kier molecular flexibility index (Phi) is 4.28. The summed E-state index contributed by atoms with van der Waals surface area (Å²) in [6.07, 6.45) is 0.687. The molecule has 5 heteroatoms. The molecule has 0 radical (unpaired) electrons. The lowest BCUT2D eigenvalue weighted by atomic mass is 10.0. The zero-order chi connectivity index (χ0) is 13.1. The summed E-state index contributed by atoms with van der Waals surface area (Å²) >= 11 is 0. The van der Waals surface area contributed by atoms with E-state index < -0.39 is 5.54 Å². The summed E-state index contributed by atoms with van der Waals surface area (Å²) < 4.78 is 1.66. The van der Waals surface area contributed by atoms with E-state index in [4.69, 9.17) is 0 Å². The van der Waals surface area contributed by atoms with Gasteiger partial charge in [-0.05, 0) is 33.3 Å². The maximum atomic E-state index is 11.8. The second-order valence-electron chi connectivity index (χ2n) is 4.71. The monoisotopic (exact) mass is 239 g/mol. The van der Waals surface area contributed by atoms with Crippen LogP contribution in [0.15, 0.2) is 6.07 Å². The van der Waals surface area contributed by atoms with Gasteiger partial charge in [0.05, 0.1) is 17.8 Å². The highest BCUT2D eigenvalue weighted by Crippen LogP contribution is 2.08. The lowest BCUT2D eigenvalue weighted by Crippen LogP contribution is -2.49. The highest BCUT2D eigenvalue weighted by molar-refractivity contribution is 5.76. The van der Waals surface area contributed by atoms with E-state index in [9.17, 15) is 9.90 Å². The Morgan fingerprint density at radius 3 is 2.65 bits per heavy atom. The summed E-state index contributed by atoms with van der Waals surface area (Å²) in [5.41, 5.74) is 1.31. The van der Waals surface area contributed by atoms with Crippen LogP contribution in [-0.2, 0) is 11.3 Å². The van der Waals surface area contributed by atoms with E-state index in [1.807, 2.05) is 33.8 Å². The smallest absolute Gasteiger partial charge is 0.242 e. The summed E-state index contributed by atoms with van der Waals surface area (Å²) in [5, 5.41) is 16.3. The fourth-order valence-electron chi connectivity index (χ4n) is 1.59. The standard InChI is InChI=1S/C12H21N3O2/c1-5-12(4,8-16)13-11(17)7-15-10(3)6-9(2)14-15/h6,16H,5,7-8H2,1-4H3,(H,13,17). The van der Waals surface area contributed by atoms with Crippen LogP contribution in [0.2, 0.25) is 0 Å². The van der Waals surface area contributed by atoms with E-state index in [1.54, 1.807) is 4.68 Å². The van der Waals surface area contributed by atoms with Gasteiger partial charge >= 0.3 is 0 Å². The van der Waals surface area contributed by atoms with E-state index in [-0.39, 0.29) is 19.1 Å². The fourth-order valence-corrected chi connectivity index (χ4v) is 1.59. The number of aliphatic hydroxyl groups excluding tert-OH is 1. The van der Waals surface area contributed by atoms with Crippen molar-refractivity contribution in [3.05, 3.63) is 17.5 Å². The maximum Gasteiger partial charge on any atom is 0.242 e. The lowest BCUT2D eigenvalue weighted by molar-refractivity contribution is -0.124. The molecule has 1 unspecified atom stereocenters. The molecular weight excluding hydrogens is 218 g/mol. The molecule has 0 aliphatic carbocycles. The number of carbonyl (C=O) groups excluding carboxylic acids is 1. The average molecular weight is 239 g/mol. The molecule has 2 N–H and O–H groups in total. The van der Waals surface area contributed by atoms with Crippen molar-refractivity contribution in [2.24, 2.45) is 0 Å². The van der Waals surface area contributed by atoms with E-state index >= 15 is 0 Å². The molecule has 5 nitrogen and oxygen atoms in total. The van der Waals surface area contributed by atoms with Gasteiger partial charge in [0, 0.05) is 5.69 Å². The minimum absolute atomic E-state index is 0.0631. The summed E-state index contributed by atoms with van der Waals surface area (Å²) in [5.74, 6) is -0.130. The van der Waals surface area contributed by atoms with Crippen molar-refractivity contribution < 1.29 is 9.90 Å². The van der Waals surface area contributed by atoms with E-state index in [0.717, 1.165) is 11.4 Å². The third-order valence-corrected chi connectivity index (χ3v) is 2.97. The van der Waals surface area contributed by atoms with Crippen molar-refractivity contribution in [2.45, 2.75) is 46.2 Å². The molecule has 0 spiro atoms. The van der Waals surface area contributed by atoms with Crippen molar-refractivity contribution in [2.75, 3.05) is 6.61 Å². The summed E-state index contributed by atoms with van der Waals surface area (Å²) in [6, 6.07) is 1.93. The predicted octanol–water partition coefficient (Wildman–Crippen LogP) is 0.777. The third kappa shape index (κ3) is 3.56. The molecule has 0 saturated carbocycles. The van der Waals surface area contributed by atoms with Crippen LogP contribution >= 0.6 is 0 Å². The molecule has 0 fully saturated rings. The Bertz CT molecular complexity index is 394. The molecule has 1 atom stereocenters. The molecule has 0 bridgehead atoms. The van der Waals surface area contributed by atoms with Gasteiger partial charge < -0.3 is 10.4 Å². The zero-order valence-corrected chi connectivity index (χ0v) is 10.9. The first-order valence-corrected chi connectivity index (χ1v) is 5.83. The third-order valence-electron chi connectivity index (χ3n) is 2.97. The molecular formula is C12H21N3O2. The van der Waals surface area contributed by atoms with Gasteiger partial charge in [-0.25, -0.2) is 0 Å². The van der Waals surface area contributed by atoms with Gasteiger partial charge in [0.15, 0.2) is 0 Å². The fraction of sp³-hybridized carbons (Fsp3) is 0.667.